The van der Waals surface area contributed by atoms with Crippen LogP contribution in [-0.2, 0) is 9.53 Å². The minimum absolute atomic E-state index is 0.108. The molecule has 0 aliphatic carbocycles. The Morgan fingerprint density at radius 1 is 1.21 bits per heavy atom. The molecule has 0 saturated heterocycles. The number of nitro groups is 1. The number of aromatic nitrogens is 1. The molecule has 0 fully saturated rings. The van der Waals surface area contributed by atoms with E-state index in [1.54, 1.807) is 45.0 Å². The molecule has 39 heavy (non-hydrogen) atoms. The van der Waals surface area contributed by atoms with Crippen LogP contribution in [0.1, 0.15) is 36.8 Å². The molecule has 11 heteroatoms. The number of benzene rings is 2. The van der Waals surface area contributed by atoms with Crippen LogP contribution in [0, 0.1) is 17.0 Å². The van der Waals surface area contributed by atoms with Gasteiger partial charge in [0.15, 0.2) is 4.80 Å². The summed E-state index contributed by atoms with van der Waals surface area (Å²) in [5.41, 5.74) is 1.79. The first-order valence-corrected chi connectivity index (χ1v) is 13.6. The number of hydrogen-bond acceptors (Lipinski definition) is 8. The lowest BCUT2D eigenvalue weighted by Gasteiger charge is -2.24. The zero-order chi connectivity index (χ0) is 27.8. The molecular weight excluding hydrogens is 586 g/mol. The van der Waals surface area contributed by atoms with Gasteiger partial charge in [-0.3, -0.25) is 19.5 Å². The molecule has 0 N–H and O–H groups in total. The van der Waals surface area contributed by atoms with Crippen LogP contribution in [0.2, 0.25) is 0 Å². The zero-order valence-corrected chi connectivity index (χ0v) is 23.5. The minimum Gasteiger partial charge on any atom is -0.463 e. The van der Waals surface area contributed by atoms with E-state index >= 15 is 0 Å². The van der Waals surface area contributed by atoms with Gasteiger partial charge in [0.2, 0.25) is 0 Å². The van der Waals surface area contributed by atoms with E-state index in [4.69, 9.17) is 9.15 Å². The zero-order valence-electron chi connectivity index (χ0n) is 21.1. The lowest BCUT2D eigenvalue weighted by atomic mass is 9.94. The quantitative estimate of drug-likeness (QED) is 0.172. The second-order valence-corrected chi connectivity index (χ2v) is 10.7. The highest BCUT2D eigenvalue weighted by Crippen LogP contribution is 2.33. The first-order chi connectivity index (χ1) is 18.7. The number of nitrogens with zero attached hydrogens (tertiary/aromatic N) is 3. The van der Waals surface area contributed by atoms with Crippen LogP contribution >= 0.6 is 27.3 Å². The number of furan rings is 1. The molecule has 1 aliphatic heterocycles. The van der Waals surface area contributed by atoms with Crippen LogP contribution in [0.5, 0.6) is 0 Å². The normalized spacial score (nSPS) is 15.2. The number of fused-ring (bicyclic) bond motifs is 1. The largest absolute Gasteiger partial charge is 0.463 e. The van der Waals surface area contributed by atoms with Crippen LogP contribution in [0.15, 0.2) is 84.5 Å². The minimum atomic E-state index is -0.948. The van der Waals surface area contributed by atoms with Crippen LogP contribution < -0.4 is 14.9 Å². The van der Waals surface area contributed by atoms with Crippen molar-refractivity contribution in [3.63, 3.8) is 0 Å². The smallest absolute Gasteiger partial charge is 0.338 e. The molecule has 3 heterocycles. The van der Waals surface area contributed by atoms with Crippen molar-refractivity contribution in [2.45, 2.75) is 26.8 Å². The number of carbonyl (C=O) groups is 1. The van der Waals surface area contributed by atoms with Gasteiger partial charge in [0.1, 0.15) is 11.5 Å². The summed E-state index contributed by atoms with van der Waals surface area (Å²) in [6.45, 7) is 5.10. The van der Waals surface area contributed by atoms with Crippen molar-refractivity contribution in [1.29, 1.82) is 0 Å². The summed E-state index contributed by atoms with van der Waals surface area (Å²) in [7, 11) is 0. The number of ether oxygens (including phenoxy) is 1. The molecule has 1 aliphatic rings. The average Bonchev–Trinajstić information content (AvgIpc) is 3.48. The van der Waals surface area contributed by atoms with Crippen molar-refractivity contribution >= 4 is 45.0 Å². The SMILES string of the molecule is CCOC(=O)C1=C(C)N=c2s/c(=C/c3ccc(-c4ccc(Br)cc4)o3)c(=O)n2[C@H]1c1ccc(C)c([N+](=O)[O-])c1. The van der Waals surface area contributed by atoms with Crippen LogP contribution in [0.4, 0.5) is 5.69 Å². The van der Waals surface area contributed by atoms with Crippen LogP contribution in [0.25, 0.3) is 17.4 Å². The van der Waals surface area contributed by atoms with Crippen molar-refractivity contribution in [2.24, 2.45) is 4.99 Å². The van der Waals surface area contributed by atoms with E-state index in [1.165, 1.54) is 10.6 Å². The summed E-state index contributed by atoms with van der Waals surface area (Å²) < 4.78 is 13.9. The molecular formula is C28H22BrN3O6S. The fourth-order valence-corrected chi connectivity index (χ4v) is 5.72. The molecule has 5 rings (SSSR count). The van der Waals surface area contributed by atoms with Gasteiger partial charge < -0.3 is 9.15 Å². The van der Waals surface area contributed by atoms with Gasteiger partial charge in [0.05, 0.1) is 33.4 Å². The maximum absolute atomic E-state index is 13.8. The molecule has 0 unspecified atom stereocenters. The van der Waals surface area contributed by atoms with E-state index in [2.05, 4.69) is 20.9 Å². The van der Waals surface area contributed by atoms with E-state index in [0.717, 1.165) is 21.4 Å². The van der Waals surface area contributed by atoms with Crippen molar-refractivity contribution in [3.05, 3.63) is 117 Å². The number of hydrogen-bond donors (Lipinski definition) is 0. The second kappa shape index (κ2) is 10.6. The molecule has 4 aromatic rings. The number of rotatable bonds is 6. The monoisotopic (exact) mass is 607 g/mol. The molecule has 0 saturated carbocycles. The summed E-state index contributed by atoms with van der Waals surface area (Å²) >= 11 is 4.57. The molecule has 0 radical (unpaired) electrons. The maximum atomic E-state index is 13.8. The Morgan fingerprint density at radius 3 is 2.64 bits per heavy atom. The third kappa shape index (κ3) is 5.02. The topological polar surface area (TPSA) is 117 Å². The summed E-state index contributed by atoms with van der Waals surface area (Å²) in [5, 5.41) is 11.7. The molecule has 198 valence electrons. The number of aryl methyl sites for hydroxylation is 1. The van der Waals surface area contributed by atoms with Crippen LogP contribution in [0.3, 0.4) is 0 Å². The Bertz CT molecular complexity index is 1830. The molecule has 9 nitrogen and oxygen atoms in total. The first kappa shape index (κ1) is 26.5. The predicted molar refractivity (Wildman–Crippen MR) is 150 cm³/mol. The summed E-state index contributed by atoms with van der Waals surface area (Å²) in [4.78, 5) is 42.9. The molecule has 0 amide bonds. The maximum Gasteiger partial charge on any atom is 0.338 e. The van der Waals surface area contributed by atoms with Gasteiger partial charge in [-0.05, 0) is 50.6 Å². The summed E-state index contributed by atoms with van der Waals surface area (Å²) in [6, 6.07) is 15.0. The van der Waals surface area contributed by atoms with Crippen molar-refractivity contribution < 1.29 is 18.9 Å². The highest BCUT2D eigenvalue weighted by atomic mass is 79.9. The van der Waals surface area contributed by atoms with E-state index in [-0.39, 0.29) is 17.9 Å². The summed E-state index contributed by atoms with van der Waals surface area (Å²) in [6.07, 6.45) is 1.63. The van der Waals surface area contributed by atoms with Gasteiger partial charge in [0.25, 0.3) is 11.2 Å². The van der Waals surface area contributed by atoms with Gasteiger partial charge in [-0.2, -0.15) is 0 Å². The van der Waals surface area contributed by atoms with Gasteiger partial charge >= 0.3 is 5.97 Å². The fourth-order valence-electron chi connectivity index (χ4n) is 4.43. The average molecular weight is 608 g/mol. The first-order valence-electron chi connectivity index (χ1n) is 12.0. The van der Waals surface area contributed by atoms with Crippen molar-refractivity contribution in [2.75, 3.05) is 6.61 Å². The number of thiazole rings is 1. The lowest BCUT2D eigenvalue weighted by molar-refractivity contribution is -0.385. The molecule has 1 atom stereocenters. The Hall–Kier alpha value is -4.09. The van der Waals surface area contributed by atoms with Gasteiger partial charge in [-0.15, -0.1) is 0 Å². The van der Waals surface area contributed by atoms with Gasteiger partial charge in [-0.25, -0.2) is 9.79 Å². The van der Waals surface area contributed by atoms with Crippen molar-refractivity contribution in [1.82, 2.24) is 4.57 Å². The number of nitro benzene ring substituents is 1. The Morgan fingerprint density at radius 2 is 1.95 bits per heavy atom. The van der Waals surface area contributed by atoms with Gasteiger partial charge in [0, 0.05) is 27.7 Å². The van der Waals surface area contributed by atoms with Crippen molar-refractivity contribution in [3.8, 4) is 11.3 Å². The fraction of sp³-hybridized carbons (Fsp3) is 0.179. The van der Waals surface area contributed by atoms with Crippen LogP contribution in [-0.4, -0.2) is 22.1 Å². The molecule has 0 spiro atoms. The standard InChI is InChI=1S/C28H22BrN3O6S/c1-4-37-27(34)24-16(3)30-28-31(25(24)18-6-5-15(2)21(13-18)32(35)36)26(33)23(39-28)14-20-11-12-22(38-20)17-7-9-19(29)10-8-17/h5-14,25H,4H2,1-3H3/b23-14+/t25-/m0/s1. The number of carbonyl (C=O) groups excluding carboxylic acids is 1. The van der Waals surface area contributed by atoms with E-state index in [1.807, 2.05) is 30.3 Å². The molecule has 0 bridgehead atoms. The number of allylic oxidation sites excluding steroid dienone is 1. The number of halogens is 1. The third-order valence-corrected chi connectivity index (χ3v) is 7.80. The second-order valence-electron chi connectivity index (χ2n) is 8.81. The predicted octanol–water partition coefficient (Wildman–Crippen LogP) is 5.04. The highest BCUT2D eigenvalue weighted by Gasteiger charge is 2.34. The Labute approximate surface area is 234 Å². The van der Waals surface area contributed by atoms with E-state index < -0.39 is 22.5 Å². The van der Waals surface area contributed by atoms with E-state index in [9.17, 15) is 19.7 Å². The highest BCUT2D eigenvalue weighted by molar-refractivity contribution is 9.10. The van der Waals surface area contributed by atoms with Gasteiger partial charge in [-0.1, -0.05) is 51.5 Å². The molecule has 2 aromatic carbocycles. The Balaban J connectivity index is 1.66. The lowest BCUT2D eigenvalue weighted by Crippen LogP contribution is -2.40. The number of esters is 1. The Kier molecular flexibility index (Phi) is 7.19. The third-order valence-electron chi connectivity index (χ3n) is 6.29. The molecule has 2 aromatic heterocycles. The van der Waals surface area contributed by atoms with E-state index in [0.29, 0.717) is 37.7 Å². The summed E-state index contributed by atoms with van der Waals surface area (Å²) in [5.74, 6) is 0.486.